The lowest BCUT2D eigenvalue weighted by Crippen LogP contribution is -2.32. The van der Waals surface area contributed by atoms with Gasteiger partial charge in [-0.3, -0.25) is 4.79 Å². The third-order valence-electron chi connectivity index (χ3n) is 5.64. The Bertz CT molecular complexity index is 529. The number of thiocarbonyl (C=S) groups is 1. The van der Waals surface area contributed by atoms with Gasteiger partial charge in [0.15, 0.2) is 0 Å². The summed E-state index contributed by atoms with van der Waals surface area (Å²) in [7, 11) is 0. The van der Waals surface area contributed by atoms with E-state index in [1.54, 1.807) is 18.7 Å². The molecule has 24 heavy (non-hydrogen) atoms. The Morgan fingerprint density at radius 2 is 2.12 bits per heavy atom. The maximum atomic E-state index is 12.8. The van der Waals surface area contributed by atoms with Gasteiger partial charge in [-0.2, -0.15) is 0 Å². The average Bonchev–Trinajstić information content (AvgIpc) is 2.83. The molecule has 0 aliphatic heterocycles. The SMILES string of the molecule is CCOC(=S)SC1CC[C@]2(C)CC(=O)C(CC(C)(C)CC(C)=O)[C@H]12. The molecule has 3 nitrogen and oxygen atoms in total. The van der Waals surface area contributed by atoms with E-state index in [1.807, 2.05) is 6.92 Å². The van der Waals surface area contributed by atoms with Crippen molar-refractivity contribution in [1.82, 2.24) is 0 Å². The first kappa shape index (κ1) is 19.9. The molecule has 0 N–H and O–H groups in total. The standard InChI is InChI=1S/C19H30O3S2/c1-6-22-17(23)24-15-7-8-19(5)11-14(21)13(16(15)19)10-18(3,4)9-12(2)20/h13,15-16H,6-11H2,1-5H3/t13?,15?,16-,19-/m1/s1. The van der Waals surface area contributed by atoms with Gasteiger partial charge in [0, 0.05) is 24.0 Å². The third-order valence-corrected chi connectivity index (χ3v) is 7.19. The van der Waals surface area contributed by atoms with Crippen molar-refractivity contribution in [2.24, 2.45) is 22.7 Å². The Morgan fingerprint density at radius 1 is 1.46 bits per heavy atom. The van der Waals surface area contributed by atoms with Crippen LogP contribution in [-0.4, -0.2) is 27.8 Å². The molecular weight excluding hydrogens is 340 g/mol. The van der Waals surface area contributed by atoms with Gasteiger partial charge in [-0.05, 0) is 62.1 Å². The van der Waals surface area contributed by atoms with Crippen molar-refractivity contribution in [3.63, 3.8) is 0 Å². The van der Waals surface area contributed by atoms with Crippen LogP contribution in [0.2, 0.25) is 0 Å². The van der Waals surface area contributed by atoms with Crippen LogP contribution in [0.4, 0.5) is 0 Å². The second-order valence-electron chi connectivity index (χ2n) is 8.55. The van der Waals surface area contributed by atoms with Gasteiger partial charge >= 0.3 is 0 Å². The molecule has 0 radical (unpaired) electrons. The molecule has 0 spiro atoms. The lowest BCUT2D eigenvalue weighted by molar-refractivity contribution is -0.124. The molecule has 136 valence electrons. The first-order valence-electron chi connectivity index (χ1n) is 8.93. The van der Waals surface area contributed by atoms with Crippen LogP contribution in [-0.2, 0) is 14.3 Å². The lowest BCUT2D eigenvalue weighted by Gasteiger charge is -2.34. The summed E-state index contributed by atoms with van der Waals surface area (Å²) in [4.78, 5) is 24.3. The molecule has 2 fully saturated rings. The zero-order chi connectivity index (χ0) is 18.1. The average molecular weight is 371 g/mol. The summed E-state index contributed by atoms with van der Waals surface area (Å²) in [5.41, 5.74) is -0.0385. The Labute approximate surface area is 155 Å². The van der Waals surface area contributed by atoms with Gasteiger partial charge in [0.2, 0.25) is 4.38 Å². The molecule has 0 amide bonds. The van der Waals surface area contributed by atoms with E-state index in [9.17, 15) is 9.59 Å². The molecule has 4 atom stereocenters. The van der Waals surface area contributed by atoms with Crippen molar-refractivity contribution in [3.05, 3.63) is 0 Å². The topological polar surface area (TPSA) is 43.4 Å². The van der Waals surface area contributed by atoms with Gasteiger partial charge in [0.05, 0.1) is 6.61 Å². The number of carbonyl (C=O) groups is 2. The van der Waals surface area contributed by atoms with Crippen LogP contribution in [0.25, 0.3) is 0 Å². The van der Waals surface area contributed by atoms with E-state index in [1.165, 1.54) is 0 Å². The second kappa shape index (κ2) is 7.45. The molecule has 0 aromatic carbocycles. The fourth-order valence-corrected chi connectivity index (χ4v) is 6.76. The first-order valence-corrected chi connectivity index (χ1v) is 10.2. The Balaban J connectivity index is 2.16. The molecule has 0 bridgehead atoms. The summed E-state index contributed by atoms with van der Waals surface area (Å²) in [6.07, 6.45) is 4.19. The summed E-state index contributed by atoms with van der Waals surface area (Å²) < 4.78 is 6.07. The molecular formula is C19H30O3S2. The summed E-state index contributed by atoms with van der Waals surface area (Å²) in [6, 6.07) is 0. The number of carbonyl (C=O) groups excluding carboxylic acids is 2. The summed E-state index contributed by atoms with van der Waals surface area (Å²) in [5.74, 6) is 0.975. The maximum Gasteiger partial charge on any atom is 0.220 e. The Morgan fingerprint density at radius 3 is 2.71 bits per heavy atom. The predicted molar refractivity (Wildman–Crippen MR) is 103 cm³/mol. The van der Waals surface area contributed by atoms with Crippen molar-refractivity contribution >= 4 is 39.9 Å². The molecule has 2 aliphatic carbocycles. The smallest absolute Gasteiger partial charge is 0.220 e. The largest absolute Gasteiger partial charge is 0.479 e. The number of Topliss-reactive ketones (excluding diaryl/α,β-unsaturated/α-hetero) is 2. The zero-order valence-corrected chi connectivity index (χ0v) is 17.1. The molecule has 0 aromatic rings. The zero-order valence-electron chi connectivity index (χ0n) is 15.5. The highest BCUT2D eigenvalue weighted by Crippen LogP contribution is 2.60. The van der Waals surface area contributed by atoms with Crippen LogP contribution >= 0.6 is 24.0 Å². The number of ketones is 2. The van der Waals surface area contributed by atoms with Crippen LogP contribution in [0, 0.1) is 22.7 Å². The van der Waals surface area contributed by atoms with E-state index in [-0.39, 0.29) is 22.5 Å². The molecule has 0 aromatic heterocycles. The van der Waals surface area contributed by atoms with Crippen molar-refractivity contribution in [1.29, 1.82) is 0 Å². The number of hydrogen-bond acceptors (Lipinski definition) is 5. The van der Waals surface area contributed by atoms with Crippen LogP contribution < -0.4 is 0 Å². The molecule has 0 heterocycles. The number of thioether (sulfide) groups is 1. The van der Waals surface area contributed by atoms with Crippen LogP contribution in [0.3, 0.4) is 0 Å². The minimum absolute atomic E-state index is 0.0498. The van der Waals surface area contributed by atoms with Crippen molar-refractivity contribution in [3.8, 4) is 0 Å². The highest BCUT2D eigenvalue weighted by Gasteiger charge is 2.57. The van der Waals surface area contributed by atoms with Gasteiger partial charge in [-0.25, -0.2) is 0 Å². The maximum absolute atomic E-state index is 12.8. The minimum atomic E-state index is -0.129. The summed E-state index contributed by atoms with van der Waals surface area (Å²) >= 11 is 6.97. The van der Waals surface area contributed by atoms with E-state index in [0.717, 1.165) is 19.3 Å². The molecule has 2 saturated carbocycles. The van der Waals surface area contributed by atoms with E-state index in [4.69, 9.17) is 17.0 Å². The summed E-state index contributed by atoms with van der Waals surface area (Å²) in [5, 5.41) is 0.360. The van der Waals surface area contributed by atoms with Crippen molar-refractivity contribution < 1.29 is 14.3 Å². The number of fused-ring (bicyclic) bond motifs is 1. The predicted octanol–water partition coefficient (Wildman–Crippen LogP) is 4.81. The molecule has 2 aliphatic rings. The van der Waals surface area contributed by atoms with E-state index in [2.05, 4.69) is 20.8 Å². The number of rotatable bonds is 6. The van der Waals surface area contributed by atoms with Gasteiger partial charge < -0.3 is 9.53 Å². The monoisotopic (exact) mass is 370 g/mol. The highest BCUT2D eigenvalue weighted by atomic mass is 32.2. The highest BCUT2D eigenvalue weighted by molar-refractivity contribution is 8.23. The van der Waals surface area contributed by atoms with E-state index in [0.29, 0.717) is 40.8 Å². The van der Waals surface area contributed by atoms with E-state index >= 15 is 0 Å². The van der Waals surface area contributed by atoms with Gasteiger partial charge in [0.25, 0.3) is 0 Å². The van der Waals surface area contributed by atoms with Crippen LogP contribution in [0.1, 0.15) is 66.7 Å². The van der Waals surface area contributed by atoms with E-state index < -0.39 is 0 Å². The van der Waals surface area contributed by atoms with Crippen molar-refractivity contribution in [2.75, 3.05) is 6.61 Å². The molecule has 2 unspecified atom stereocenters. The Kier molecular flexibility index (Phi) is 6.17. The summed E-state index contributed by atoms with van der Waals surface area (Å²) in [6.45, 7) is 10.7. The van der Waals surface area contributed by atoms with Crippen LogP contribution in [0.15, 0.2) is 0 Å². The molecule has 5 heteroatoms. The first-order chi connectivity index (χ1) is 11.1. The van der Waals surface area contributed by atoms with Crippen molar-refractivity contribution in [2.45, 2.75) is 72.0 Å². The third kappa shape index (κ3) is 4.40. The Hall–Kier alpha value is -0.420. The van der Waals surface area contributed by atoms with Gasteiger partial charge in [-0.1, -0.05) is 32.5 Å². The quantitative estimate of drug-likeness (QED) is 0.628. The second-order valence-corrected chi connectivity index (χ2v) is 10.4. The van der Waals surface area contributed by atoms with Gasteiger partial charge in [-0.15, -0.1) is 0 Å². The fourth-order valence-electron chi connectivity index (χ4n) is 4.94. The van der Waals surface area contributed by atoms with Gasteiger partial charge in [0.1, 0.15) is 11.6 Å². The fraction of sp³-hybridized carbons (Fsp3) is 0.842. The number of ether oxygens (including phenoxy) is 1. The van der Waals surface area contributed by atoms with Crippen LogP contribution in [0.5, 0.6) is 0 Å². The number of hydrogen-bond donors (Lipinski definition) is 0. The minimum Gasteiger partial charge on any atom is -0.479 e. The normalized spacial score (nSPS) is 32.7. The molecule has 2 rings (SSSR count). The lowest BCUT2D eigenvalue weighted by atomic mass is 9.72. The molecule has 0 saturated heterocycles.